The first-order valence-electron chi connectivity index (χ1n) is 7.62. The number of halogens is 1. The van der Waals surface area contributed by atoms with Gasteiger partial charge in [0.15, 0.2) is 4.75 Å². The minimum Gasteiger partial charge on any atom is -0.435 e. The van der Waals surface area contributed by atoms with Gasteiger partial charge in [-0.1, -0.05) is 41.9 Å². The first-order chi connectivity index (χ1) is 12.1. The van der Waals surface area contributed by atoms with Crippen LogP contribution in [0.15, 0.2) is 78.9 Å². The highest BCUT2D eigenvalue weighted by molar-refractivity contribution is 7.79. The molecular weight excluding hydrogens is 373 g/mol. The smallest absolute Gasteiger partial charge is 0.334 e. The zero-order valence-corrected chi connectivity index (χ0v) is 15.5. The van der Waals surface area contributed by atoms with Crippen LogP contribution in [0.5, 0.6) is 5.75 Å². The number of aromatic nitrogens is 1. The molecule has 0 aliphatic carbocycles. The molecule has 0 aliphatic heterocycles. The molecule has 1 atom stereocenters. The van der Waals surface area contributed by atoms with Crippen LogP contribution >= 0.6 is 30.3 Å². The van der Waals surface area contributed by atoms with Crippen LogP contribution in [0.3, 0.4) is 0 Å². The molecule has 0 aliphatic rings. The minimum absolute atomic E-state index is 0.481. The van der Waals surface area contributed by atoms with Gasteiger partial charge in [-0.2, -0.15) is 0 Å². The Hall–Kier alpha value is -2.13. The van der Waals surface area contributed by atoms with Crippen LogP contribution in [-0.4, -0.2) is 4.98 Å². The first kappa shape index (κ1) is 16.3. The Morgan fingerprint density at radius 3 is 2.28 bits per heavy atom. The number of hydrogen-bond acceptors (Lipinski definition) is 4. The molecule has 124 valence electrons. The molecule has 0 unspecified atom stereocenters. The Morgan fingerprint density at radius 2 is 1.56 bits per heavy atom. The zero-order valence-electron chi connectivity index (χ0n) is 13.0. The van der Waals surface area contributed by atoms with E-state index in [1.807, 2.05) is 54.6 Å². The molecule has 4 rings (SSSR count). The van der Waals surface area contributed by atoms with E-state index in [0.717, 1.165) is 10.2 Å². The number of nitrogens with zero attached hydrogens (tertiary/aromatic N) is 1. The molecule has 1 aromatic heterocycles. The van der Waals surface area contributed by atoms with Crippen LogP contribution in [0.25, 0.3) is 10.2 Å². The van der Waals surface area contributed by atoms with E-state index in [1.54, 1.807) is 24.3 Å². The maximum Gasteiger partial charge on any atom is 0.334 e. The predicted molar refractivity (Wildman–Crippen MR) is 105 cm³/mol. The molecule has 0 N–H and O–H groups in total. The summed E-state index contributed by atoms with van der Waals surface area (Å²) < 4.78 is 21.4. The molecule has 0 fully saturated rings. The van der Waals surface area contributed by atoms with Crippen LogP contribution < -0.4 is 14.6 Å². The van der Waals surface area contributed by atoms with Crippen LogP contribution in [-0.2, 0) is 4.57 Å². The van der Waals surface area contributed by atoms with Gasteiger partial charge in [0, 0.05) is 5.02 Å². The Kier molecular flexibility index (Phi) is 4.34. The van der Waals surface area contributed by atoms with Gasteiger partial charge < -0.3 is 4.52 Å². The van der Waals surface area contributed by atoms with Gasteiger partial charge in [0.1, 0.15) is 5.75 Å². The quantitative estimate of drug-likeness (QED) is 0.450. The number of benzene rings is 3. The lowest BCUT2D eigenvalue weighted by Gasteiger charge is -2.17. The third-order valence-corrected chi connectivity index (χ3v) is 7.81. The van der Waals surface area contributed by atoms with E-state index in [2.05, 4.69) is 4.98 Å². The van der Waals surface area contributed by atoms with Gasteiger partial charge >= 0.3 is 7.37 Å². The van der Waals surface area contributed by atoms with Crippen molar-refractivity contribution in [2.24, 2.45) is 0 Å². The Bertz CT molecular complexity index is 1030. The Morgan fingerprint density at radius 1 is 0.880 bits per heavy atom. The van der Waals surface area contributed by atoms with Crippen molar-refractivity contribution in [1.29, 1.82) is 0 Å². The largest absolute Gasteiger partial charge is 0.435 e. The molecule has 1 heterocycles. The van der Waals surface area contributed by atoms with Crippen molar-refractivity contribution in [2.75, 3.05) is 0 Å². The topological polar surface area (TPSA) is 39.2 Å². The van der Waals surface area contributed by atoms with Crippen molar-refractivity contribution in [1.82, 2.24) is 4.98 Å². The number of fused-ring (bicyclic) bond motifs is 1. The van der Waals surface area contributed by atoms with Gasteiger partial charge in [0.2, 0.25) is 0 Å². The van der Waals surface area contributed by atoms with Crippen LogP contribution in [0.2, 0.25) is 5.02 Å². The number of hydrogen-bond donors (Lipinski definition) is 0. The summed E-state index contributed by atoms with van der Waals surface area (Å²) in [6.07, 6.45) is 0. The molecule has 3 nitrogen and oxygen atoms in total. The highest BCUT2D eigenvalue weighted by Gasteiger charge is 2.34. The summed E-state index contributed by atoms with van der Waals surface area (Å²) in [4.78, 5) is 4.58. The molecule has 6 heteroatoms. The first-order valence-corrected chi connectivity index (χ1v) is 10.4. The van der Waals surface area contributed by atoms with Crippen LogP contribution in [0.4, 0.5) is 0 Å². The molecule has 0 radical (unpaired) electrons. The van der Waals surface area contributed by atoms with Crippen molar-refractivity contribution in [3.8, 4) is 5.75 Å². The highest BCUT2D eigenvalue weighted by Crippen LogP contribution is 2.46. The van der Waals surface area contributed by atoms with Crippen LogP contribution in [0.1, 0.15) is 0 Å². The number of para-hydroxylation sites is 1. The van der Waals surface area contributed by atoms with Crippen LogP contribution in [0, 0.1) is 0 Å². The summed E-state index contributed by atoms with van der Waals surface area (Å²) in [6, 6.07) is 23.8. The fraction of sp³-hybridized carbons (Fsp3) is 0. The summed E-state index contributed by atoms with van der Waals surface area (Å²) in [5.41, 5.74) is 0.818. The molecule has 0 saturated carbocycles. The molecule has 25 heavy (non-hydrogen) atoms. The van der Waals surface area contributed by atoms with Gasteiger partial charge in [-0.25, -0.2) is 4.98 Å². The molecule has 0 amide bonds. The lowest BCUT2D eigenvalue weighted by Crippen LogP contribution is -2.19. The second-order valence-corrected chi connectivity index (χ2v) is 9.39. The standard InChI is InChI=1S/C19H13ClNO2PS/c20-14-10-12-15(13-11-14)23-24(22,16-6-2-1-3-7-16)19-21-17-8-4-5-9-18(17)25-19/h1-13H/t24-/m1/s1. The predicted octanol–water partition coefficient (Wildman–Crippen LogP) is 5.26. The second-order valence-electron chi connectivity index (χ2n) is 5.40. The van der Waals surface area contributed by atoms with E-state index in [4.69, 9.17) is 16.1 Å². The van der Waals surface area contributed by atoms with Gasteiger partial charge in [0.25, 0.3) is 0 Å². The van der Waals surface area contributed by atoms with E-state index >= 15 is 0 Å². The fourth-order valence-corrected chi connectivity index (χ4v) is 6.12. The summed E-state index contributed by atoms with van der Waals surface area (Å²) in [6.45, 7) is 0. The normalized spacial score (nSPS) is 13.5. The lowest BCUT2D eigenvalue weighted by molar-refractivity contribution is 0.502. The summed E-state index contributed by atoms with van der Waals surface area (Å²) in [5.74, 6) is 0.496. The Labute approximate surface area is 154 Å². The Balaban J connectivity index is 1.86. The third-order valence-electron chi connectivity index (χ3n) is 3.68. The summed E-state index contributed by atoms with van der Waals surface area (Å²) in [7, 11) is -3.37. The molecule has 0 saturated heterocycles. The van der Waals surface area contributed by atoms with Crippen molar-refractivity contribution in [3.63, 3.8) is 0 Å². The van der Waals surface area contributed by atoms with Crippen molar-refractivity contribution >= 4 is 50.6 Å². The van der Waals surface area contributed by atoms with Gasteiger partial charge in [-0.3, -0.25) is 4.57 Å². The van der Waals surface area contributed by atoms with Crippen molar-refractivity contribution < 1.29 is 9.09 Å². The van der Waals surface area contributed by atoms with E-state index in [0.29, 0.717) is 20.8 Å². The molecular formula is C19H13ClNO2PS. The molecule has 4 aromatic rings. The molecule has 3 aromatic carbocycles. The van der Waals surface area contributed by atoms with Crippen molar-refractivity contribution in [3.05, 3.63) is 83.9 Å². The third kappa shape index (κ3) is 3.21. The fourth-order valence-electron chi connectivity index (χ4n) is 2.46. The number of thiazole rings is 1. The molecule has 0 bridgehead atoms. The summed E-state index contributed by atoms with van der Waals surface area (Å²) in [5, 5.41) is 1.21. The van der Waals surface area contributed by atoms with Gasteiger partial charge in [-0.05, 0) is 48.5 Å². The summed E-state index contributed by atoms with van der Waals surface area (Å²) >= 11 is 7.33. The SMILES string of the molecule is O=[P@@](Oc1ccc(Cl)cc1)(c1ccccc1)c1nc2ccccc2s1. The highest BCUT2D eigenvalue weighted by atomic mass is 35.5. The van der Waals surface area contributed by atoms with E-state index < -0.39 is 7.37 Å². The van der Waals surface area contributed by atoms with E-state index in [-0.39, 0.29) is 0 Å². The lowest BCUT2D eigenvalue weighted by atomic mass is 10.3. The average molecular weight is 386 g/mol. The zero-order chi connectivity index (χ0) is 17.3. The van der Waals surface area contributed by atoms with E-state index in [9.17, 15) is 4.57 Å². The second kappa shape index (κ2) is 6.64. The van der Waals surface area contributed by atoms with E-state index in [1.165, 1.54) is 11.3 Å². The number of rotatable bonds is 4. The molecule has 0 spiro atoms. The van der Waals surface area contributed by atoms with Gasteiger partial charge in [0.05, 0.1) is 15.5 Å². The maximum absolute atomic E-state index is 13.9. The minimum atomic E-state index is -3.37. The van der Waals surface area contributed by atoms with Crippen molar-refractivity contribution in [2.45, 2.75) is 0 Å². The average Bonchev–Trinajstić information content (AvgIpc) is 3.09. The monoisotopic (exact) mass is 385 g/mol. The maximum atomic E-state index is 13.9. The van der Waals surface area contributed by atoms with Gasteiger partial charge in [-0.15, -0.1) is 11.3 Å².